The highest BCUT2D eigenvalue weighted by Gasteiger charge is 2.08. The molecule has 1 atom stereocenters. The average Bonchev–Trinajstić information content (AvgIpc) is 2.38. The first kappa shape index (κ1) is 20.5. The molecule has 2 heteroatoms. The van der Waals surface area contributed by atoms with Crippen LogP contribution in [0, 0.1) is 5.92 Å². The Morgan fingerprint density at radius 2 is 1.89 bits per heavy atom. The summed E-state index contributed by atoms with van der Waals surface area (Å²) in [4.78, 5) is 0. The highest BCUT2D eigenvalue weighted by molar-refractivity contribution is 5.12. The summed E-state index contributed by atoms with van der Waals surface area (Å²) in [6, 6.07) is 0. The molecule has 0 aliphatic carbocycles. The minimum absolute atomic E-state index is 0.361. The van der Waals surface area contributed by atoms with Crippen LogP contribution in [0.15, 0.2) is 37.0 Å². The molecule has 0 saturated heterocycles. The fourth-order valence-corrected chi connectivity index (χ4v) is 1.48. The van der Waals surface area contributed by atoms with Crippen LogP contribution in [0.3, 0.4) is 0 Å². The van der Waals surface area contributed by atoms with E-state index >= 15 is 0 Å². The summed E-state index contributed by atoms with van der Waals surface area (Å²) in [5.41, 5.74) is 1.32. The monoisotopic (exact) mass is 267 g/mol. The van der Waals surface area contributed by atoms with Gasteiger partial charge in [0, 0.05) is 0 Å². The summed E-state index contributed by atoms with van der Waals surface area (Å²) in [5.74, 6) is 0.528. The van der Waals surface area contributed by atoms with Crippen molar-refractivity contribution in [1.29, 1.82) is 0 Å². The molecule has 0 aromatic carbocycles. The van der Waals surface area contributed by atoms with E-state index in [0.29, 0.717) is 12.0 Å². The van der Waals surface area contributed by atoms with Crippen LogP contribution in [0.25, 0.3) is 0 Å². The van der Waals surface area contributed by atoms with Crippen molar-refractivity contribution in [3.8, 4) is 0 Å². The van der Waals surface area contributed by atoms with Crippen molar-refractivity contribution in [2.24, 2.45) is 5.92 Å². The fraction of sp³-hybridized carbons (Fsp3) is 0.647. The molecule has 0 spiro atoms. The predicted molar refractivity (Wildman–Crippen MR) is 87.6 cm³/mol. The van der Waals surface area contributed by atoms with Crippen molar-refractivity contribution >= 4 is 0 Å². The molecule has 0 aliphatic heterocycles. The van der Waals surface area contributed by atoms with Crippen LogP contribution in [0.1, 0.15) is 40.5 Å². The SMILES string of the molecule is C=C/C=C(\COC(CC)CCNC)C(C)C.C=CC. The quantitative estimate of drug-likeness (QED) is 0.495. The smallest absolute Gasteiger partial charge is 0.0686 e. The Kier molecular flexibility index (Phi) is 16.4. The van der Waals surface area contributed by atoms with E-state index in [1.54, 1.807) is 6.08 Å². The Balaban J connectivity index is 0. The van der Waals surface area contributed by atoms with Crippen LogP contribution in [0.2, 0.25) is 0 Å². The second kappa shape index (κ2) is 15.2. The maximum absolute atomic E-state index is 5.91. The van der Waals surface area contributed by atoms with Crippen LogP contribution in [0.4, 0.5) is 0 Å². The molecule has 0 bridgehead atoms. The van der Waals surface area contributed by atoms with Gasteiger partial charge in [-0.25, -0.2) is 0 Å². The summed E-state index contributed by atoms with van der Waals surface area (Å²) in [6.45, 7) is 17.3. The molecule has 0 fully saturated rings. The molecule has 0 saturated carbocycles. The lowest BCUT2D eigenvalue weighted by Gasteiger charge is -2.18. The van der Waals surface area contributed by atoms with Crippen LogP contribution < -0.4 is 5.32 Å². The van der Waals surface area contributed by atoms with Gasteiger partial charge in [-0.15, -0.1) is 6.58 Å². The second-order valence-corrected chi connectivity index (χ2v) is 4.77. The van der Waals surface area contributed by atoms with Gasteiger partial charge in [0.15, 0.2) is 0 Å². The number of ether oxygens (including phenoxy) is 1. The van der Waals surface area contributed by atoms with Gasteiger partial charge in [-0.2, -0.15) is 0 Å². The Morgan fingerprint density at radius 1 is 1.32 bits per heavy atom. The second-order valence-electron chi connectivity index (χ2n) is 4.77. The fourth-order valence-electron chi connectivity index (χ4n) is 1.48. The van der Waals surface area contributed by atoms with Gasteiger partial charge in [0.25, 0.3) is 0 Å². The van der Waals surface area contributed by atoms with E-state index < -0.39 is 0 Å². The highest BCUT2D eigenvalue weighted by Crippen LogP contribution is 2.13. The van der Waals surface area contributed by atoms with Gasteiger partial charge in [-0.05, 0) is 44.8 Å². The van der Waals surface area contributed by atoms with E-state index in [1.165, 1.54) is 5.57 Å². The number of nitrogens with one attached hydrogen (secondary N) is 1. The largest absolute Gasteiger partial charge is 0.374 e. The summed E-state index contributed by atoms with van der Waals surface area (Å²) in [5, 5.41) is 3.16. The van der Waals surface area contributed by atoms with Crippen molar-refractivity contribution in [3.05, 3.63) is 37.0 Å². The summed E-state index contributed by atoms with van der Waals surface area (Å²) in [6.07, 6.45) is 8.16. The molecular weight excluding hydrogens is 234 g/mol. The predicted octanol–water partition coefficient (Wildman–Crippen LogP) is 4.35. The molecule has 0 amide bonds. The zero-order valence-electron chi connectivity index (χ0n) is 13.5. The average molecular weight is 267 g/mol. The van der Waals surface area contributed by atoms with Crippen LogP contribution in [-0.4, -0.2) is 26.3 Å². The van der Waals surface area contributed by atoms with E-state index in [2.05, 4.69) is 45.3 Å². The summed E-state index contributed by atoms with van der Waals surface area (Å²) < 4.78 is 5.91. The van der Waals surface area contributed by atoms with Crippen molar-refractivity contribution < 1.29 is 4.74 Å². The highest BCUT2D eigenvalue weighted by atomic mass is 16.5. The van der Waals surface area contributed by atoms with E-state index in [-0.39, 0.29) is 0 Å². The molecular formula is C17H33NO. The first-order chi connectivity index (χ1) is 9.06. The molecule has 112 valence electrons. The maximum Gasteiger partial charge on any atom is 0.0686 e. The number of allylic oxidation sites excluding steroid dienone is 3. The zero-order valence-corrected chi connectivity index (χ0v) is 13.5. The van der Waals surface area contributed by atoms with E-state index in [4.69, 9.17) is 4.74 Å². The Labute approximate surface area is 120 Å². The number of rotatable bonds is 9. The van der Waals surface area contributed by atoms with Crippen molar-refractivity contribution in [3.63, 3.8) is 0 Å². The van der Waals surface area contributed by atoms with E-state index in [1.807, 2.05) is 20.0 Å². The van der Waals surface area contributed by atoms with Gasteiger partial charge in [0.1, 0.15) is 0 Å². The molecule has 1 N–H and O–H groups in total. The summed E-state index contributed by atoms with van der Waals surface area (Å²) >= 11 is 0. The minimum Gasteiger partial charge on any atom is -0.374 e. The third kappa shape index (κ3) is 13.4. The minimum atomic E-state index is 0.361. The van der Waals surface area contributed by atoms with E-state index in [9.17, 15) is 0 Å². The summed E-state index contributed by atoms with van der Waals surface area (Å²) in [7, 11) is 1.98. The number of hydrogen-bond acceptors (Lipinski definition) is 2. The lowest BCUT2D eigenvalue weighted by atomic mass is 10.0. The van der Waals surface area contributed by atoms with Gasteiger partial charge in [-0.1, -0.05) is 45.6 Å². The Morgan fingerprint density at radius 3 is 2.26 bits per heavy atom. The molecule has 1 unspecified atom stereocenters. The van der Waals surface area contributed by atoms with Crippen LogP contribution in [-0.2, 0) is 4.74 Å². The van der Waals surface area contributed by atoms with Gasteiger partial charge < -0.3 is 10.1 Å². The molecule has 19 heavy (non-hydrogen) atoms. The van der Waals surface area contributed by atoms with Crippen molar-refractivity contribution in [2.75, 3.05) is 20.2 Å². The van der Waals surface area contributed by atoms with E-state index in [0.717, 1.165) is 26.0 Å². The van der Waals surface area contributed by atoms with Gasteiger partial charge in [-0.3, -0.25) is 0 Å². The number of hydrogen-bond donors (Lipinski definition) is 1. The zero-order chi connectivity index (χ0) is 15.1. The normalized spacial score (nSPS) is 12.6. The van der Waals surface area contributed by atoms with Gasteiger partial charge >= 0.3 is 0 Å². The molecule has 0 radical (unpaired) electrons. The van der Waals surface area contributed by atoms with Crippen molar-refractivity contribution in [1.82, 2.24) is 5.32 Å². The molecule has 2 nitrogen and oxygen atoms in total. The standard InChI is InChI=1S/C14H27NO.C3H6/c1-6-8-13(12(3)4)11-16-14(7-2)9-10-15-5;1-3-2/h6,8,12,14-15H,1,7,9-11H2,2-5H3;3H,1H2,2H3/b13-8+;. The Hall–Kier alpha value is -0.860. The Bertz CT molecular complexity index is 244. The lowest BCUT2D eigenvalue weighted by molar-refractivity contribution is 0.0581. The third-order valence-electron chi connectivity index (χ3n) is 2.73. The molecule has 0 aromatic rings. The lowest BCUT2D eigenvalue weighted by Crippen LogP contribution is -2.21. The molecule has 0 aromatic heterocycles. The first-order valence-electron chi connectivity index (χ1n) is 7.21. The molecule has 0 aliphatic rings. The molecule has 0 heterocycles. The van der Waals surface area contributed by atoms with Gasteiger partial charge in [0.2, 0.25) is 0 Å². The topological polar surface area (TPSA) is 21.3 Å². The van der Waals surface area contributed by atoms with Crippen LogP contribution >= 0.6 is 0 Å². The maximum atomic E-state index is 5.91. The van der Waals surface area contributed by atoms with Crippen LogP contribution in [0.5, 0.6) is 0 Å². The van der Waals surface area contributed by atoms with Gasteiger partial charge in [0.05, 0.1) is 12.7 Å². The molecule has 0 rings (SSSR count). The van der Waals surface area contributed by atoms with Crippen molar-refractivity contribution in [2.45, 2.75) is 46.6 Å². The third-order valence-corrected chi connectivity index (χ3v) is 2.73. The first-order valence-corrected chi connectivity index (χ1v) is 7.21.